The molecule has 6 nitrogen and oxygen atoms in total. The number of carbonyl (C=O) groups is 1. The van der Waals surface area contributed by atoms with Crippen LogP contribution >= 0.6 is 0 Å². The Morgan fingerprint density at radius 1 is 1.19 bits per heavy atom. The molecule has 0 radical (unpaired) electrons. The van der Waals surface area contributed by atoms with Crippen molar-refractivity contribution in [2.24, 2.45) is 0 Å². The van der Waals surface area contributed by atoms with Crippen LogP contribution in [0.4, 0.5) is 5.69 Å². The number of anilines is 1. The maximum Gasteiger partial charge on any atom is 0.297 e. The van der Waals surface area contributed by atoms with Crippen LogP contribution < -0.4 is 10.5 Å². The van der Waals surface area contributed by atoms with Gasteiger partial charge in [-0.05, 0) is 37.1 Å². The third-order valence-corrected chi connectivity index (χ3v) is 5.13. The largest absolute Gasteiger partial charge is 0.448 e. The van der Waals surface area contributed by atoms with E-state index in [0.717, 1.165) is 23.1 Å². The zero-order valence-electron chi connectivity index (χ0n) is 14.8. The first-order valence-electron chi connectivity index (χ1n) is 8.90. The Hall–Kier alpha value is -3.41. The summed E-state index contributed by atoms with van der Waals surface area (Å²) in [5, 5.41) is 0.796. The van der Waals surface area contributed by atoms with Gasteiger partial charge in [-0.1, -0.05) is 30.3 Å². The van der Waals surface area contributed by atoms with Crippen molar-refractivity contribution in [2.75, 3.05) is 4.90 Å². The van der Waals surface area contributed by atoms with Crippen LogP contribution in [0.15, 0.2) is 64.1 Å². The predicted octanol–water partition coefficient (Wildman–Crippen LogP) is 3.12. The smallest absolute Gasteiger partial charge is 0.297 e. The molecule has 0 bridgehead atoms. The summed E-state index contributed by atoms with van der Waals surface area (Å²) in [6, 6.07) is 15.3. The van der Waals surface area contributed by atoms with E-state index in [-0.39, 0.29) is 29.6 Å². The van der Waals surface area contributed by atoms with Crippen LogP contribution in [-0.2, 0) is 17.8 Å². The fourth-order valence-electron chi connectivity index (χ4n) is 3.90. The molecule has 5 rings (SSSR count). The molecule has 2 aromatic carbocycles. The normalized spacial score (nSPS) is 16.2. The number of hydrogen-bond donors (Lipinski definition) is 0. The number of carbonyl (C=O) groups excluding carboxylic acids is 1. The van der Waals surface area contributed by atoms with Crippen molar-refractivity contribution in [1.29, 1.82) is 0 Å². The van der Waals surface area contributed by atoms with Crippen LogP contribution in [0.5, 0.6) is 0 Å². The molecule has 1 aliphatic rings. The number of aromatic nitrogens is 2. The lowest BCUT2D eigenvalue weighted by atomic mass is 10.1. The van der Waals surface area contributed by atoms with E-state index < -0.39 is 0 Å². The zero-order valence-corrected chi connectivity index (χ0v) is 14.8. The molecule has 3 heterocycles. The van der Waals surface area contributed by atoms with Gasteiger partial charge in [0.2, 0.25) is 11.5 Å². The Morgan fingerprint density at radius 3 is 2.85 bits per heavy atom. The molecule has 1 atom stereocenters. The lowest BCUT2D eigenvalue weighted by Crippen LogP contribution is -2.40. The maximum atomic E-state index is 13.0. The Balaban J connectivity index is 1.53. The van der Waals surface area contributed by atoms with Gasteiger partial charge in [0.1, 0.15) is 17.6 Å². The monoisotopic (exact) mass is 359 g/mol. The molecular weight excluding hydrogens is 342 g/mol. The van der Waals surface area contributed by atoms with Gasteiger partial charge in [-0.2, -0.15) is 0 Å². The molecule has 6 heteroatoms. The summed E-state index contributed by atoms with van der Waals surface area (Å²) >= 11 is 0. The second-order valence-corrected chi connectivity index (χ2v) is 6.90. The molecule has 27 heavy (non-hydrogen) atoms. The summed E-state index contributed by atoms with van der Waals surface area (Å²) in [4.78, 5) is 31.9. The van der Waals surface area contributed by atoms with Crippen LogP contribution in [0, 0.1) is 0 Å². The van der Waals surface area contributed by atoms with Gasteiger partial charge in [-0.25, -0.2) is 4.98 Å². The van der Waals surface area contributed by atoms with Crippen molar-refractivity contribution in [3.8, 4) is 0 Å². The topological polar surface area (TPSA) is 68.3 Å². The van der Waals surface area contributed by atoms with Crippen molar-refractivity contribution >= 4 is 33.7 Å². The summed E-state index contributed by atoms with van der Waals surface area (Å²) in [7, 11) is 0. The van der Waals surface area contributed by atoms with Crippen LogP contribution in [0.25, 0.3) is 22.1 Å². The van der Waals surface area contributed by atoms with Gasteiger partial charge in [0, 0.05) is 17.1 Å². The van der Waals surface area contributed by atoms with Crippen LogP contribution in [0.2, 0.25) is 0 Å². The molecule has 0 N–H and O–H groups in total. The molecule has 1 aliphatic heterocycles. The third kappa shape index (κ3) is 2.37. The minimum atomic E-state index is -0.343. The second-order valence-electron chi connectivity index (χ2n) is 6.90. The average molecular weight is 359 g/mol. The molecule has 0 spiro atoms. The van der Waals surface area contributed by atoms with Gasteiger partial charge >= 0.3 is 0 Å². The summed E-state index contributed by atoms with van der Waals surface area (Å²) in [6.45, 7) is 1.94. The minimum Gasteiger partial charge on any atom is -0.448 e. The summed E-state index contributed by atoms with van der Waals surface area (Å²) in [5.41, 5.74) is 3.05. The number of hydrogen-bond acceptors (Lipinski definition) is 4. The molecule has 1 amide bonds. The van der Waals surface area contributed by atoms with E-state index in [1.807, 2.05) is 49.4 Å². The van der Waals surface area contributed by atoms with Gasteiger partial charge in [-0.15, -0.1) is 0 Å². The maximum absolute atomic E-state index is 13.0. The van der Waals surface area contributed by atoms with E-state index in [9.17, 15) is 9.59 Å². The number of furan rings is 1. The number of benzene rings is 2. The predicted molar refractivity (Wildman–Crippen MR) is 103 cm³/mol. The van der Waals surface area contributed by atoms with Crippen molar-refractivity contribution < 1.29 is 9.21 Å². The molecule has 134 valence electrons. The molecule has 0 saturated heterocycles. The van der Waals surface area contributed by atoms with Crippen molar-refractivity contribution in [3.63, 3.8) is 0 Å². The van der Waals surface area contributed by atoms with E-state index in [0.29, 0.717) is 11.1 Å². The average Bonchev–Trinajstić information content (AvgIpc) is 3.21. The SMILES string of the molecule is C[C@H]1Cc2ccccc2N1C(=O)Cn1cnc2c(oc3ccccc32)c1=O. The Bertz CT molecular complexity index is 1250. The van der Waals surface area contributed by atoms with Crippen LogP contribution in [0.1, 0.15) is 12.5 Å². The Morgan fingerprint density at radius 2 is 1.96 bits per heavy atom. The van der Waals surface area contributed by atoms with Gasteiger partial charge < -0.3 is 9.32 Å². The lowest BCUT2D eigenvalue weighted by Gasteiger charge is -2.23. The first kappa shape index (κ1) is 15.8. The van der Waals surface area contributed by atoms with Crippen molar-refractivity contribution in [1.82, 2.24) is 9.55 Å². The number of para-hydroxylation sites is 2. The fourth-order valence-corrected chi connectivity index (χ4v) is 3.90. The first-order chi connectivity index (χ1) is 13.1. The highest BCUT2D eigenvalue weighted by Crippen LogP contribution is 2.32. The van der Waals surface area contributed by atoms with E-state index >= 15 is 0 Å². The van der Waals surface area contributed by atoms with Gasteiger partial charge in [0.05, 0.1) is 6.33 Å². The van der Waals surface area contributed by atoms with E-state index in [4.69, 9.17) is 4.42 Å². The lowest BCUT2D eigenvalue weighted by molar-refractivity contribution is -0.119. The van der Waals surface area contributed by atoms with Crippen molar-refractivity contribution in [3.05, 3.63) is 70.8 Å². The third-order valence-electron chi connectivity index (χ3n) is 5.13. The highest BCUT2D eigenvalue weighted by Gasteiger charge is 2.30. The highest BCUT2D eigenvalue weighted by atomic mass is 16.3. The molecule has 2 aromatic heterocycles. The standard InChI is InChI=1S/C21H17N3O3/c1-13-10-14-6-2-4-8-16(14)24(13)18(25)11-23-12-22-19-15-7-3-5-9-17(15)27-20(19)21(23)26/h2-9,12-13H,10-11H2,1H3/t13-/m0/s1. The first-order valence-corrected chi connectivity index (χ1v) is 8.90. The fraction of sp³-hybridized carbons (Fsp3) is 0.190. The molecule has 4 aromatic rings. The summed E-state index contributed by atoms with van der Waals surface area (Å²) in [5.74, 6) is -0.133. The highest BCUT2D eigenvalue weighted by molar-refractivity contribution is 6.02. The van der Waals surface area contributed by atoms with Gasteiger partial charge in [-0.3, -0.25) is 14.2 Å². The zero-order chi connectivity index (χ0) is 18.5. The number of amides is 1. The van der Waals surface area contributed by atoms with Crippen molar-refractivity contribution in [2.45, 2.75) is 25.9 Å². The quantitative estimate of drug-likeness (QED) is 0.551. The molecule has 0 fully saturated rings. The molecule has 0 aliphatic carbocycles. The summed E-state index contributed by atoms with van der Waals surface area (Å²) in [6.07, 6.45) is 2.24. The van der Waals surface area contributed by atoms with Crippen LogP contribution in [-0.4, -0.2) is 21.5 Å². The minimum absolute atomic E-state index is 0.0634. The van der Waals surface area contributed by atoms with Crippen LogP contribution in [0.3, 0.4) is 0 Å². The summed E-state index contributed by atoms with van der Waals surface area (Å²) < 4.78 is 7.01. The van der Waals surface area contributed by atoms with Gasteiger partial charge in [0.25, 0.3) is 5.56 Å². The van der Waals surface area contributed by atoms with E-state index in [1.165, 1.54) is 10.9 Å². The Kier molecular flexibility index (Phi) is 3.40. The van der Waals surface area contributed by atoms with E-state index in [1.54, 1.807) is 11.0 Å². The molecular formula is C21H17N3O3. The second kappa shape index (κ2) is 5.81. The molecule has 0 unspecified atom stereocenters. The number of rotatable bonds is 2. The Labute approximate surface area is 154 Å². The molecule has 0 saturated carbocycles. The van der Waals surface area contributed by atoms with E-state index in [2.05, 4.69) is 4.98 Å². The van der Waals surface area contributed by atoms with Gasteiger partial charge in [0.15, 0.2) is 0 Å². The number of fused-ring (bicyclic) bond motifs is 4. The number of nitrogens with zero attached hydrogens (tertiary/aromatic N) is 3.